The summed E-state index contributed by atoms with van der Waals surface area (Å²) < 4.78 is 4.88. The first-order valence-corrected chi connectivity index (χ1v) is 8.85. The molecule has 8 heteroatoms. The molecule has 1 fully saturated rings. The summed E-state index contributed by atoms with van der Waals surface area (Å²) in [5.74, 6) is -1.64. The molecule has 1 aliphatic heterocycles. The zero-order valence-electron chi connectivity index (χ0n) is 14.3. The lowest BCUT2D eigenvalue weighted by Gasteiger charge is -2.31. The molecule has 1 heterocycles. The lowest BCUT2D eigenvalue weighted by atomic mass is 10.2. The second-order valence-electron chi connectivity index (χ2n) is 5.53. The molecule has 1 N–H and O–H groups in total. The average molecular weight is 364 g/mol. The summed E-state index contributed by atoms with van der Waals surface area (Å²) in [5, 5.41) is 1.90. The average Bonchev–Trinajstić information content (AvgIpc) is 2.58. The van der Waals surface area contributed by atoms with E-state index in [0.29, 0.717) is 11.3 Å². The summed E-state index contributed by atoms with van der Waals surface area (Å²) in [6.45, 7) is 5.11. The maximum absolute atomic E-state index is 12.2. The fraction of sp³-hybridized carbons (Fsp3) is 0.412. The topological polar surface area (TPSA) is 92.8 Å². The highest BCUT2D eigenvalue weighted by Crippen LogP contribution is 2.26. The number of nitrogens with one attached hydrogen (secondary N) is 1. The molecule has 1 aromatic carbocycles. The van der Waals surface area contributed by atoms with Gasteiger partial charge in [-0.15, -0.1) is 11.8 Å². The molecule has 0 unspecified atom stereocenters. The quantitative estimate of drug-likeness (QED) is 0.631. The number of nitrogens with zero attached hydrogens (tertiary/aromatic N) is 1. The van der Waals surface area contributed by atoms with Gasteiger partial charge in [-0.25, -0.2) is 4.79 Å². The number of carbonyl (C=O) groups excluding carboxylic acids is 4. The van der Waals surface area contributed by atoms with Gasteiger partial charge in [-0.1, -0.05) is 0 Å². The van der Waals surface area contributed by atoms with Crippen LogP contribution in [0, 0.1) is 0 Å². The van der Waals surface area contributed by atoms with Crippen LogP contribution >= 0.6 is 11.8 Å². The minimum atomic E-state index is -0.475. The van der Waals surface area contributed by atoms with Crippen molar-refractivity contribution in [3.05, 3.63) is 29.8 Å². The van der Waals surface area contributed by atoms with Gasteiger partial charge in [0.05, 0.1) is 22.7 Å². The molecule has 7 nitrogen and oxygen atoms in total. The highest BCUT2D eigenvalue weighted by molar-refractivity contribution is 8.02. The Morgan fingerprint density at radius 2 is 1.68 bits per heavy atom. The van der Waals surface area contributed by atoms with Gasteiger partial charge >= 0.3 is 5.97 Å². The number of esters is 1. The number of thioether (sulfide) groups is 1. The van der Waals surface area contributed by atoms with Crippen LogP contribution in [-0.4, -0.2) is 52.2 Å². The molecule has 0 aromatic heterocycles. The Morgan fingerprint density at radius 1 is 1.12 bits per heavy atom. The third-order valence-electron chi connectivity index (χ3n) is 3.62. The number of hydrogen-bond donors (Lipinski definition) is 1. The zero-order chi connectivity index (χ0) is 18.6. The molecule has 0 radical (unpaired) electrons. The van der Waals surface area contributed by atoms with Crippen molar-refractivity contribution in [2.24, 2.45) is 0 Å². The summed E-state index contributed by atoms with van der Waals surface area (Å²) in [5.41, 5.74) is 0.839. The SMILES string of the molecule is CCOC(=O)c1ccc(NC(=O)CN2C(=O)[C@@H](C)S[C@H](C)C2=O)cc1. The monoisotopic (exact) mass is 364 g/mol. The van der Waals surface area contributed by atoms with E-state index in [0.717, 1.165) is 4.90 Å². The van der Waals surface area contributed by atoms with E-state index in [2.05, 4.69) is 5.32 Å². The van der Waals surface area contributed by atoms with Crippen LogP contribution in [0.2, 0.25) is 0 Å². The van der Waals surface area contributed by atoms with Crippen LogP contribution in [0.5, 0.6) is 0 Å². The van der Waals surface area contributed by atoms with Gasteiger partial charge in [-0.05, 0) is 45.0 Å². The van der Waals surface area contributed by atoms with Crippen molar-refractivity contribution in [3.8, 4) is 0 Å². The Balaban J connectivity index is 1.99. The van der Waals surface area contributed by atoms with Crippen molar-refractivity contribution in [3.63, 3.8) is 0 Å². The molecule has 0 saturated carbocycles. The van der Waals surface area contributed by atoms with Crippen molar-refractivity contribution < 1.29 is 23.9 Å². The van der Waals surface area contributed by atoms with Crippen LogP contribution in [0.25, 0.3) is 0 Å². The number of imide groups is 1. The molecule has 0 bridgehead atoms. The van der Waals surface area contributed by atoms with Crippen molar-refractivity contribution in [2.45, 2.75) is 31.3 Å². The highest BCUT2D eigenvalue weighted by Gasteiger charge is 2.37. The molecule has 1 aromatic rings. The summed E-state index contributed by atoms with van der Waals surface area (Å²) in [6, 6.07) is 6.19. The third-order valence-corrected chi connectivity index (χ3v) is 4.84. The van der Waals surface area contributed by atoms with Crippen LogP contribution in [0.4, 0.5) is 5.69 Å². The summed E-state index contributed by atoms with van der Waals surface area (Å²) in [7, 11) is 0. The second-order valence-corrected chi connectivity index (χ2v) is 7.22. The van der Waals surface area contributed by atoms with E-state index >= 15 is 0 Å². The van der Waals surface area contributed by atoms with Crippen molar-refractivity contribution in [1.29, 1.82) is 0 Å². The van der Waals surface area contributed by atoms with Crippen LogP contribution < -0.4 is 5.32 Å². The predicted octanol–water partition coefficient (Wildman–Crippen LogP) is 1.68. The Hall–Kier alpha value is -2.35. The predicted molar refractivity (Wildman–Crippen MR) is 94.3 cm³/mol. The number of rotatable bonds is 5. The number of amides is 3. The minimum absolute atomic E-state index is 0.282. The molecule has 0 aliphatic carbocycles. The van der Waals surface area contributed by atoms with Gasteiger partial charge in [0.15, 0.2) is 0 Å². The Morgan fingerprint density at radius 3 is 2.20 bits per heavy atom. The molecule has 3 amide bonds. The second kappa shape index (κ2) is 8.15. The van der Waals surface area contributed by atoms with E-state index in [1.54, 1.807) is 32.9 Å². The molecular weight excluding hydrogens is 344 g/mol. The number of benzene rings is 1. The summed E-state index contributed by atoms with van der Waals surface area (Å²) in [4.78, 5) is 48.9. The van der Waals surface area contributed by atoms with Gasteiger partial charge in [0.25, 0.3) is 0 Å². The normalized spacial score (nSPS) is 20.4. The van der Waals surface area contributed by atoms with Gasteiger partial charge < -0.3 is 10.1 Å². The molecule has 2 rings (SSSR count). The van der Waals surface area contributed by atoms with Crippen molar-refractivity contribution in [2.75, 3.05) is 18.5 Å². The molecule has 1 aliphatic rings. The first-order valence-electron chi connectivity index (χ1n) is 7.91. The first kappa shape index (κ1) is 19.0. The Kier molecular flexibility index (Phi) is 6.19. The fourth-order valence-corrected chi connectivity index (χ4v) is 3.47. The van der Waals surface area contributed by atoms with Crippen LogP contribution in [0.1, 0.15) is 31.1 Å². The van der Waals surface area contributed by atoms with E-state index in [1.165, 1.54) is 23.9 Å². The van der Waals surface area contributed by atoms with E-state index in [-0.39, 0.29) is 35.5 Å². The Labute approximate surface area is 150 Å². The number of hydrogen-bond acceptors (Lipinski definition) is 6. The standard InChI is InChI=1S/C17H20N2O5S/c1-4-24-17(23)12-5-7-13(8-6-12)18-14(20)9-19-15(21)10(2)25-11(3)16(19)22/h5-8,10-11H,4,9H2,1-3H3,(H,18,20)/t10-,11-/m1/s1. The Bertz CT molecular complexity index is 669. The van der Waals surface area contributed by atoms with Crippen LogP contribution in [0.15, 0.2) is 24.3 Å². The molecule has 2 atom stereocenters. The lowest BCUT2D eigenvalue weighted by molar-refractivity contribution is -0.147. The van der Waals surface area contributed by atoms with Crippen LogP contribution in [0.3, 0.4) is 0 Å². The molecular formula is C17H20N2O5S. The number of carbonyl (C=O) groups is 4. The molecule has 1 saturated heterocycles. The minimum Gasteiger partial charge on any atom is -0.462 e. The smallest absolute Gasteiger partial charge is 0.338 e. The van der Waals surface area contributed by atoms with E-state index in [9.17, 15) is 19.2 Å². The zero-order valence-corrected chi connectivity index (χ0v) is 15.1. The molecule has 134 valence electrons. The molecule has 25 heavy (non-hydrogen) atoms. The van der Waals surface area contributed by atoms with Crippen molar-refractivity contribution >= 4 is 41.1 Å². The summed E-state index contributed by atoms with van der Waals surface area (Å²) in [6.07, 6.45) is 0. The summed E-state index contributed by atoms with van der Waals surface area (Å²) >= 11 is 1.28. The third kappa shape index (κ3) is 4.60. The maximum atomic E-state index is 12.2. The van der Waals surface area contributed by atoms with Gasteiger partial charge in [0, 0.05) is 5.69 Å². The highest BCUT2D eigenvalue weighted by atomic mass is 32.2. The van der Waals surface area contributed by atoms with E-state index < -0.39 is 11.9 Å². The molecule has 0 spiro atoms. The largest absolute Gasteiger partial charge is 0.462 e. The van der Waals surface area contributed by atoms with E-state index in [4.69, 9.17) is 4.74 Å². The first-order chi connectivity index (χ1) is 11.8. The maximum Gasteiger partial charge on any atom is 0.338 e. The van der Waals surface area contributed by atoms with Crippen molar-refractivity contribution in [1.82, 2.24) is 4.90 Å². The van der Waals surface area contributed by atoms with E-state index in [1.807, 2.05) is 0 Å². The van der Waals surface area contributed by atoms with Crippen LogP contribution in [-0.2, 0) is 19.1 Å². The van der Waals surface area contributed by atoms with Gasteiger partial charge in [0.1, 0.15) is 6.54 Å². The number of ether oxygens (including phenoxy) is 1. The van der Waals surface area contributed by atoms with Gasteiger partial charge in [-0.3, -0.25) is 19.3 Å². The lowest BCUT2D eigenvalue weighted by Crippen LogP contribution is -2.52. The van der Waals surface area contributed by atoms with Gasteiger partial charge in [-0.2, -0.15) is 0 Å². The number of anilines is 1. The fourth-order valence-electron chi connectivity index (χ4n) is 2.37. The van der Waals surface area contributed by atoms with Gasteiger partial charge in [0.2, 0.25) is 17.7 Å².